The number of benzene rings is 6. The normalized spacial score (nSPS) is 12.5. The zero-order valence-electron chi connectivity index (χ0n) is 25.4. The van der Waals surface area contributed by atoms with E-state index in [-0.39, 0.29) is 17.2 Å². The van der Waals surface area contributed by atoms with Crippen LogP contribution in [0.3, 0.4) is 0 Å². The second-order valence-corrected chi connectivity index (χ2v) is 11.7. The highest BCUT2D eigenvalue weighted by Crippen LogP contribution is 2.49. The topological polar surface area (TPSA) is 27.7 Å². The van der Waals surface area contributed by atoms with Crippen LogP contribution in [0.1, 0.15) is 22.3 Å². The summed E-state index contributed by atoms with van der Waals surface area (Å²) in [4.78, 5) is 0. The summed E-state index contributed by atoms with van der Waals surface area (Å²) in [6.45, 7) is 0. The molecule has 2 aliphatic carbocycles. The van der Waals surface area contributed by atoms with E-state index in [2.05, 4.69) is 0 Å². The van der Waals surface area contributed by atoms with Crippen molar-refractivity contribution >= 4 is 18.1 Å². The van der Waals surface area contributed by atoms with E-state index >= 15 is 26.3 Å². The minimum absolute atomic E-state index is 0.0453. The number of rotatable bonds is 6. The van der Waals surface area contributed by atoms with Crippen LogP contribution in [0.2, 0.25) is 0 Å². The quantitative estimate of drug-likeness (QED) is 0.0968. The molecular formula is C36H13BF12O3. The average Bonchev–Trinajstić information content (AvgIpc) is 3.71. The molecule has 0 N–H and O–H groups in total. The first-order chi connectivity index (χ1) is 24.8. The molecule has 0 radical (unpaired) electrons. The van der Waals surface area contributed by atoms with Gasteiger partial charge in [-0.2, -0.15) is 8.78 Å². The predicted molar refractivity (Wildman–Crippen MR) is 160 cm³/mol. The molecule has 3 nitrogen and oxygen atoms in total. The number of halogens is 12. The minimum Gasteiger partial charge on any atom is -0.489 e. The summed E-state index contributed by atoms with van der Waals surface area (Å²) < 4.78 is 196. The molecule has 16 heteroatoms. The average molecular weight is 732 g/mol. The fourth-order valence-corrected chi connectivity index (χ4v) is 6.66. The zero-order valence-corrected chi connectivity index (χ0v) is 25.4. The summed E-state index contributed by atoms with van der Waals surface area (Å²) in [5, 5.41) is -2.02. The van der Waals surface area contributed by atoms with E-state index in [0.29, 0.717) is 12.1 Å². The van der Waals surface area contributed by atoms with Gasteiger partial charge in [0.15, 0.2) is 40.7 Å². The molecule has 2 aliphatic rings. The van der Waals surface area contributed by atoms with Gasteiger partial charge in [-0.3, -0.25) is 0 Å². The molecule has 0 saturated heterocycles. The third-order valence-electron chi connectivity index (χ3n) is 8.89. The van der Waals surface area contributed by atoms with Gasteiger partial charge in [0.2, 0.25) is 11.6 Å². The molecule has 52 heavy (non-hydrogen) atoms. The van der Waals surface area contributed by atoms with Crippen molar-refractivity contribution in [1.29, 1.82) is 0 Å². The Morgan fingerprint density at radius 3 is 1.42 bits per heavy atom. The standard InChI is InChI=1S/C36H13BF12O3/c38-17-5-1-3-12-9-15-25(22(12)17)29(44)31(46)33(48)35(15)51-37(50-21-8-7-19(40)24-14(21)11-20(41)27(42)28(24)43)52-36-16-10-13-4-2-6-18(39)23(13)26(16)30(45)32(47)34(36)49/h1-8,11H,9-10H2. The Morgan fingerprint density at radius 2 is 0.923 bits per heavy atom. The van der Waals surface area contributed by atoms with Crippen LogP contribution in [-0.2, 0) is 12.8 Å². The van der Waals surface area contributed by atoms with Crippen molar-refractivity contribution in [3.8, 4) is 39.5 Å². The summed E-state index contributed by atoms with van der Waals surface area (Å²) in [5.41, 5.74) is -3.44. The van der Waals surface area contributed by atoms with Crippen molar-refractivity contribution in [2.75, 3.05) is 0 Å². The van der Waals surface area contributed by atoms with E-state index in [0.717, 1.165) is 12.1 Å². The maximum Gasteiger partial charge on any atom is 0.864 e. The van der Waals surface area contributed by atoms with Crippen LogP contribution in [0.5, 0.6) is 17.2 Å². The molecule has 262 valence electrons. The van der Waals surface area contributed by atoms with Crippen LogP contribution in [0, 0.1) is 69.8 Å². The second-order valence-electron chi connectivity index (χ2n) is 11.7. The lowest BCUT2D eigenvalue weighted by atomic mass is 10.0. The van der Waals surface area contributed by atoms with E-state index in [1.165, 1.54) is 24.3 Å². The Morgan fingerprint density at radius 1 is 0.423 bits per heavy atom. The van der Waals surface area contributed by atoms with Crippen LogP contribution < -0.4 is 14.0 Å². The summed E-state index contributed by atoms with van der Waals surface area (Å²) in [6.07, 6.45) is -0.978. The van der Waals surface area contributed by atoms with Crippen LogP contribution in [-0.4, -0.2) is 7.32 Å². The summed E-state index contributed by atoms with van der Waals surface area (Å²) >= 11 is 0. The Kier molecular flexibility index (Phi) is 7.62. The third kappa shape index (κ3) is 4.79. The van der Waals surface area contributed by atoms with Gasteiger partial charge in [0.25, 0.3) is 0 Å². The lowest BCUT2D eigenvalue weighted by molar-refractivity contribution is 0.285. The van der Waals surface area contributed by atoms with Crippen LogP contribution in [0.15, 0.2) is 54.6 Å². The van der Waals surface area contributed by atoms with Gasteiger partial charge in [-0.15, -0.1) is 0 Å². The maximum atomic E-state index is 15.6. The van der Waals surface area contributed by atoms with Crippen molar-refractivity contribution in [1.82, 2.24) is 0 Å². The van der Waals surface area contributed by atoms with Gasteiger partial charge in [0, 0.05) is 51.6 Å². The largest absolute Gasteiger partial charge is 0.864 e. The lowest BCUT2D eigenvalue weighted by Crippen LogP contribution is -2.38. The Bertz CT molecular complexity index is 2440. The van der Waals surface area contributed by atoms with Crippen molar-refractivity contribution in [2.24, 2.45) is 0 Å². The summed E-state index contributed by atoms with van der Waals surface area (Å²) in [7, 11) is -2.75. The van der Waals surface area contributed by atoms with Gasteiger partial charge in [-0.05, 0) is 41.5 Å². The molecule has 0 atom stereocenters. The van der Waals surface area contributed by atoms with E-state index in [4.69, 9.17) is 14.0 Å². The summed E-state index contributed by atoms with van der Waals surface area (Å²) in [6, 6.07) is 8.41. The van der Waals surface area contributed by atoms with Crippen molar-refractivity contribution in [2.45, 2.75) is 12.8 Å². The molecule has 0 saturated carbocycles. The molecule has 0 aromatic heterocycles. The lowest BCUT2D eigenvalue weighted by Gasteiger charge is -2.22. The number of fused-ring (bicyclic) bond motifs is 7. The minimum atomic E-state index is -2.75. The Balaban J connectivity index is 1.32. The second kappa shape index (κ2) is 11.9. The smallest absolute Gasteiger partial charge is 0.489 e. The molecule has 0 spiro atoms. The highest BCUT2D eigenvalue weighted by atomic mass is 19.2. The highest BCUT2D eigenvalue weighted by Gasteiger charge is 2.42. The molecule has 0 heterocycles. The van der Waals surface area contributed by atoms with Gasteiger partial charge >= 0.3 is 7.32 Å². The Labute approximate surface area is 283 Å². The van der Waals surface area contributed by atoms with Crippen molar-refractivity contribution in [3.05, 3.63) is 147 Å². The van der Waals surface area contributed by atoms with Gasteiger partial charge < -0.3 is 14.0 Å². The monoisotopic (exact) mass is 732 g/mol. The summed E-state index contributed by atoms with van der Waals surface area (Å²) in [5.74, 6) is -24.8. The number of hydrogen-bond donors (Lipinski definition) is 0. The molecule has 0 amide bonds. The van der Waals surface area contributed by atoms with Gasteiger partial charge in [-0.25, -0.2) is 43.9 Å². The van der Waals surface area contributed by atoms with Crippen molar-refractivity contribution < 1.29 is 66.6 Å². The van der Waals surface area contributed by atoms with Gasteiger partial charge in [0.05, 0.1) is 5.39 Å². The predicted octanol–water partition coefficient (Wildman–Crippen LogP) is 10.2. The highest BCUT2D eigenvalue weighted by molar-refractivity contribution is 6.40. The Hall–Kier alpha value is -5.80. The third-order valence-corrected chi connectivity index (χ3v) is 8.89. The molecule has 8 rings (SSSR count). The molecular weight excluding hydrogens is 719 g/mol. The fraction of sp³-hybridized carbons (Fsp3) is 0.0556. The maximum absolute atomic E-state index is 15.6. The molecule has 0 unspecified atom stereocenters. The first kappa shape index (κ1) is 33.4. The van der Waals surface area contributed by atoms with Crippen LogP contribution in [0.4, 0.5) is 52.7 Å². The van der Waals surface area contributed by atoms with E-state index < -0.39 is 151 Å². The zero-order chi connectivity index (χ0) is 36.9. The van der Waals surface area contributed by atoms with Crippen LogP contribution >= 0.6 is 0 Å². The molecule has 6 aromatic carbocycles. The van der Waals surface area contributed by atoms with Gasteiger partial charge in [0.1, 0.15) is 34.7 Å². The van der Waals surface area contributed by atoms with Crippen molar-refractivity contribution in [3.63, 3.8) is 0 Å². The molecule has 0 aliphatic heterocycles. The molecule has 0 fully saturated rings. The van der Waals surface area contributed by atoms with E-state index in [9.17, 15) is 26.3 Å². The fourth-order valence-electron chi connectivity index (χ4n) is 6.66. The SMILES string of the molecule is Fc1cc2c(OB(Oc3c(F)c(F)c(F)c4c3Cc3cccc(F)c3-4)Oc3c(F)c(F)c(F)c4c3Cc3cccc(F)c3-4)ccc(F)c2c(F)c1F. The van der Waals surface area contributed by atoms with E-state index in [1.54, 1.807) is 0 Å². The van der Waals surface area contributed by atoms with Crippen LogP contribution in [0.25, 0.3) is 33.0 Å². The first-order valence-corrected chi connectivity index (χ1v) is 15.0. The van der Waals surface area contributed by atoms with Gasteiger partial charge in [-0.1, -0.05) is 24.3 Å². The van der Waals surface area contributed by atoms with E-state index in [1.807, 2.05) is 0 Å². The molecule has 0 bridgehead atoms. The number of hydrogen-bond acceptors (Lipinski definition) is 3. The molecule has 6 aromatic rings. The first-order valence-electron chi connectivity index (χ1n) is 15.0.